The largest absolute Gasteiger partial charge is 0.490 e. The number of alkyl halides is 9. The molecule has 0 aliphatic carbocycles. The fourth-order valence-corrected chi connectivity index (χ4v) is 3.67. The van der Waals surface area contributed by atoms with Gasteiger partial charge in [-0.2, -0.15) is 39.5 Å². The van der Waals surface area contributed by atoms with Gasteiger partial charge in [-0.25, -0.2) is 14.4 Å². The SMILES string of the molecule is CN(C)CCOc1cc(-c2ccncc2)ccc1NC(=O)[C@H]1Cc2ccccc2CN1.O=C(O)C(F)(F)F.O=C(O)C(F)(F)F.O=C(O)C(F)(F)F. The molecule has 3 aromatic rings. The van der Waals surface area contributed by atoms with Crippen LogP contribution < -0.4 is 15.4 Å². The quantitative estimate of drug-likeness (QED) is 0.199. The Morgan fingerprint density at radius 3 is 1.73 bits per heavy atom. The number of hydrogen-bond donors (Lipinski definition) is 5. The number of carboxylic acids is 3. The van der Waals surface area contributed by atoms with Crippen molar-refractivity contribution >= 4 is 29.5 Å². The molecule has 12 nitrogen and oxygen atoms in total. The number of nitrogens with zero attached hydrogens (tertiary/aromatic N) is 2. The average Bonchev–Trinajstić information content (AvgIpc) is 3.05. The lowest BCUT2D eigenvalue weighted by atomic mass is 9.95. The van der Waals surface area contributed by atoms with E-state index in [1.54, 1.807) is 12.4 Å². The van der Waals surface area contributed by atoms with Crippen molar-refractivity contribution < 1.29 is 78.7 Å². The lowest BCUT2D eigenvalue weighted by Crippen LogP contribution is -2.44. The Morgan fingerprint density at radius 1 is 0.788 bits per heavy atom. The number of carboxylic acid groups (broad SMARTS) is 3. The van der Waals surface area contributed by atoms with E-state index < -0.39 is 36.4 Å². The molecule has 52 heavy (non-hydrogen) atoms. The van der Waals surface area contributed by atoms with Gasteiger partial charge in [0.1, 0.15) is 12.4 Å². The number of aliphatic carboxylic acids is 3. The van der Waals surface area contributed by atoms with E-state index in [1.165, 1.54) is 11.1 Å². The number of nitrogens with one attached hydrogen (secondary N) is 2. The van der Waals surface area contributed by atoms with Crippen LogP contribution in [-0.2, 0) is 32.1 Å². The third-order valence-electron chi connectivity index (χ3n) is 6.17. The Morgan fingerprint density at radius 2 is 1.27 bits per heavy atom. The first-order valence-corrected chi connectivity index (χ1v) is 14.3. The van der Waals surface area contributed by atoms with Crippen molar-refractivity contribution in [2.24, 2.45) is 0 Å². The number of hydrogen-bond acceptors (Lipinski definition) is 8. The molecule has 0 fully saturated rings. The third kappa shape index (κ3) is 16.5. The number of anilines is 1. The number of ether oxygens (including phenoxy) is 1. The van der Waals surface area contributed by atoms with E-state index >= 15 is 0 Å². The van der Waals surface area contributed by atoms with E-state index in [2.05, 4.69) is 32.7 Å². The maximum atomic E-state index is 13.0. The second-order valence-corrected chi connectivity index (χ2v) is 10.4. The zero-order valence-electron chi connectivity index (χ0n) is 26.9. The minimum absolute atomic E-state index is 0.0522. The van der Waals surface area contributed by atoms with Gasteiger partial charge in [-0.05, 0) is 67.0 Å². The molecule has 0 spiro atoms. The summed E-state index contributed by atoms with van der Waals surface area (Å²) in [5, 5.41) is 27.8. The zero-order valence-corrected chi connectivity index (χ0v) is 26.9. The molecular formula is C31H31F9N4O8. The molecule has 2 heterocycles. The molecule has 0 radical (unpaired) electrons. The Hall–Kier alpha value is -5.44. The van der Waals surface area contributed by atoms with E-state index in [4.69, 9.17) is 34.4 Å². The van der Waals surface area contributed by atoms with Crippen molar-refractivity contribution in [2.75, 3.05) is 32.6 Å². The molecule has 2 aromatic carbocycles. The molecule has 0 saturated carbocycles. The van der Waals surface area contributed by atoms with Gasteiger partial charge in [0.2, 0.25) is 5.91 Å². The summed E-state index contributed by atoms with van der Waals surface area (Å²) >= 11 is 0. The van der Waals surface area contributed by atoms with Crippen LogP contribution in [0.2, 0.25) is 0 Å². The number of carbonyl (C=O) groups is 4. The smallest absolute Gasteiger partial charge is 0.490 e. The fraction of sp³-hybridized carbons (Fsp3) is 0.323. The lowest BCUT2D eigenvalue weighted by molar-refractivity contribution is -0.193. The summed E-state index contributed by atoms with van der Waals surface area (Å²) in [6, 6.07) is 17.8. The van der Waals surface area contributed by atoms with Crippen LogP contribution in [-0.4, -0.2) is 101 Å². The van der Waals surface area contributed by atoms with Crippen LogP contribution in [0, 0.1) is 0 Å². The number of likely N-dealkylation sites (N-methyl/N-ethyl adjacent to an activating group) is 1. The number of amides is 1. The summed E-state index contributed by atoms with van der Waals surface area (Å²) in [6.07, 6.45) is -11.0. The van der Waals surface area contributed by atoms with Crippen molar-refractivity contribution in [3.05, 3.63) is 78.1 Å². The highest BCUT2D eigenvalue weighted by molar-refractivity contribution is 5.97. The molecule has 1 aliphatic heterocycles. The molecule has 4 rings (SSSR count). The standard InChI is InChI=1S/C25H28N4O2.3C2HF3O2/c1-29(2)13-14-31-24-16-20(18-9-11-26-12-10-18)7-8-22(24)28-25(30)23-15-19-5-3-4-6-21(19)17-27-23;3*3-2(4,5)1(6)7/h3-12,16,23,27H,13-15,17H2,1-2H3,(H,28,30);3*(H,6,7)/t23-;;;/m1.../s1. The van der Waals surface area contributed by atoms with E-state index in [-0.39, 0.29) is 11.9 Å². The monoisotopic (exact) mass is 758 g/mol. The number of pyridine rings is 1. The van der Waals surface area contributed by atoms with Gasteiger partial charge < -0.3 is 35.6 Å². The molecule has 0 bridgehead atoms. The maximum absolute atomic E-state index is 13.0. The average molecular weight is 759 g/mol. The molecule has 0 saturated heterocycles. The molecule has 0 unspecified atom stereocenters. The normalized spacial score (nSPS) is 13.7. The summed E-state index contributed by atoms with van der Waals surface area (Å²) in [6.45, 7) is 2.01. The van der Waals surface area contributed by atoms with Crippen molar-refractivity contribution in [1.82, 2.24) is 15.2 Å². The summed E-state index contributed by atoms with van der Waals surface area (Å²) in [4.78, 5) is 45.9. The number of fused-ring (bicyclic) bond motifs is 1. The molecule has 1 amide bonds. The number of aromatic nitrogens is 1. The van der Waals surface area contributed by atoms with Crippen LogP contribution >= 0.6 is 0 Å². The van der Waals surface area contributed by atoms with Gasteiger partial charge in [-0.3, -0.25) is 9.78 Å². The van der Waals surface area contributed by atoms with Crippen LogP contribution in [0.1, 0.15) is 11.1 Å². The Kier molecular flexibility index (Phi) is 17.0. The van der Waals surface area contributed by atoms with E-state index in [1.807, 2.05) is 56.6 Å². The molecule has 21 heteroatoms. The molecule has 1 atom stereocenters. The molecular weight excluding hydrogens is 727 g/mol. The predicted octanol–water partition coefficient (Wildman–Crippen LogP) is 5.24. The van der Waals surface area contributed by atoms with Gasteiger partial charge in [0.25, 0.3) is 0 Å². The molecule has 1 aromatic heterocycles. The summed E-state index contributed by atoms with van der Waals surface area (Å²) in [5.41, 5.74) is 5.22. The summed E-state index contributed by atoms with van der Waals surface area (Å²) in [7, 11) is 4.01. The van der Waals surface area contributed by atoms with Gasteiger partial charge >= 0.3 is 36.4 Å². The maximum Gasteiger partial charge on any atom is 0.490 e. The van der Waals surface area contributed by atoms with E-state index in [0.29, 0.717) is 31.0 Å². The van der Waals surface area contributed by atoms with Crippen molar-refractivity contribution in [1.29, 1.82) is 0 Å². The van der Waals surface area contributed by atoms with Crippen LogP contribution in [0.25, 0.3) is 11.1 Å². The zero-order chi connectivity index (χ0) is 39.9. The first-order valence-electron chi connectivity index (χ1n) is 14.3. The topological polar surface area (TPSA) is 178 Å². The lowest BCUT2D eigenvalue weighted by Gasteiger charge is -2.25. The summed E-state index contributed by atoms with van der Waals surface area (Å²) < 4.78 is 101. The van der Waals surface area contributed by atoms with Gasteiger partial charge in [-0.15, -0.1) is 0 Å². The van der Waals surface area contributed by atoms with E-state index in [9.17, 15) is 44.3 Å². The fourth-order valence-electron chi connectivity index (χ4n) is 3.67. The Bertz CT molecular complexity index is 1580. The number of rotatable bonds is 7. The second-order valence-electron chi connectivity index (χ2n) is 10.4. The van der Waals surface area contributed by atoms with Crippen molar-refractivity contribution in [3.63, 3.8) is 0 Å². The van der Waals surface area contributed by atoms with Crippen LogP contribution in [0.5, 0.6) is 5.75 Å². The molecule has 286 valence electrons. The highest BCUT2D eigenvalue weighted by Gasteiger charge is 2.39. The molecule has 5 N–H and O–H groups in total. The number of halogens is 9. The predicted molar refractivity (Wildman–Crippen MR) is 164 cm³/mol. The van der Waals surface area contributed by atoms with Crippen LogP contribution in [0.15, 0.2) is 67.0 Å². The van der Waals surface area contributed by atoms with Crippen LogP contribution in [0.4, 0.5) is 45.2 Å². The first kappa shape index (κ1) is 44.6. The third-order valence-corrected chi connectivity index (χ3v) is 6.17. The van der Waals surface area contributed by atoms with Crippen molar-refractivity contribution in [2.45, 2.75) is 37.5 Å². The highest BCUT2D eigenvalue weighted by Crippen LogP contribution is 2.31. The minimum atomic E-state index is -5.08. The van der Waals surface area contributed by atoms with Crippen LogP contribution in [0.3, 0.4) is 0 Å². The number of carbonyl (C=O) groups excluding carboxylic acids is 1. The second kappa shape index (κ2) is 19.8. The van der Waals surface area contributed by atoms with Gasteiger partial charge in [0.05, 0.1) is 11.7 Å². The van der Waals surface area contributed by atoms with Gasteiger partial charge in [-0.1, -0.05) is 30.3 Å². The van der Waals surface area contributed by atoms with Gasteiger partial charge in [0.15, 0.2) is 0 Å². The minimum Gasteiger partial charge on any atom is -0.490 e. The van der Waals surface area contributed by atoms with Gasteiger partial charge in [0, 0.05) is 25.5 Å². The first-order chi connectivity index (χ1) is 23.9. The highest BCUT2D eigenvalue weighted by atomic mass is 19.4. The van der Waals surface area contributed by atoms with E-state index in [0.717, 1.165) is 17.7 Å². The summed E-state index contributed by atoms with van der Waals surface area (Å²) in [5.74, 6) is -7.66. The van der Waals surface area contributed by atoms with Crippen molar-refractivity contribution in [3.8, 4) is 16.9 Å². The Labute approximate surface area is 288 Å². The Balaban J connectivity index is 0.000000525. The molecule has 1 aliphatic rings. The number of benzene rings is 2.